The first-order valence-electron chi connectivity index (χ1n) is 7.24. The number of benzene rings is 1. The highest BCUT2D eigenvalue weighted by Gasteiger charge is 2.01. The molecule has 0 saturated heterocycles. The minimum Gasteiger partial charge on any atom is -0.439 e. The van der Waals surface area contributed by atoms with Crippen LogP contribution in [0, 0.1) is 0 Å². The van der Waals surface area contributed by atoms with Crippen molar-refractivity contribution < 1.29 is 9.47 Å². The number of nitrogens with one attached hydrogen (secondary N) is 1. The Morgan fingerprint density at radius 3 is 2.62 bits per heavy atom. The molecule has 0 aliphatic rings. The van der Waals surface area contributed by atoms with Gasteiger partial charge in [-0.2, -0.15) is 0 Å². The number of aromatic nitrogens is 1. The molecule has 0 aliphatic carbocycles. The second kappa shape index (κ2) is 8.39. The standard InChI is InChI=1S/C17H22N2O2/c1-3-18-13-15-5-4-6-17(19-15)21-16-9-7-14(8-10-16)11-12-20-2/h4-10,18H,3,11-13H2,1-2H3. The molecule has 0 unspecified atom stereocenters. The Hall–Kier alpha value is -1.91. The summed E-state index contributed by atoms with van der Waals surface area (Å²) in [5.74, 6) is 1.42. The van der Waals surface area contributed by atoms with E-state index in [4.69, 9.17) is 9.47 Å². The third kappa shape index (κ3) is 5.17. The van der Waals surface area contributed by atoms with Crippen LogP contribution >= 0.6 is 0 Å². The Balaban J connectivity index is 1.97. The van der Waals surface area contributed by atoms with Gasteiger partial charge in [-0.1, -0.05) is 25.1 Å². The fraction of sp³-hybridized carbons (Fsp3) is 0.353. The lowest BCUT2D eigenvalue weighted by Crippen LogP contribution is -2.12. The van der Waals surface area contributed by atoms with Gasteiger partial charge < -0.3 is 14.8 Å². The van der Waals surface area contributed by atoms with Crippen LogP contribution in [0.5, 0.6) is 11.6 Å². The van der Waals surface area contributed by atoms with Gasteiger partial charge in [-0.3, -0.25) is 0 Å². The molecule has 112 valence electrons. The number of pyridine rings is 1. The lowest BCUT2D eigenvalue weighted by Gasteiger charge is -2.08. The van der Waals surface area contributed by atoms with Gasteiger partial charge in [-0.05, 0) is 36.7 Å². The maximum atomic E-state index is 5.79. The molecule has 2 aromatic rings. The highest BCUT2D eigenvalue weighted by atomic mass is 16.5. The summed E-state index contributed by atoms with van der Waals surface area (Å²) >= 11 is 0. The summed E-state index contributed by atoms with van der Waals surface area (Å²) in [6, 6.07) is 13.8. The SMILES string of the molecule is CCNCc1cccc(Oc2ccc(CCOC)cc2)n1. The van der Waals surface area contributed by atoms with Crippen molar-refractivity contribution in [1.29, 1.82) is 0 Å². The number of hydrogen-bond donors (Lipinski definition) is 1. The van der Waals surface area contributed by atoms with Gasteiger partial charge in [0.1, 0.15) is 5.75 Å². The summed E-state index contributed by atoms with van der Waals surface area (Å²) in [4.78, 5) is 4.47. The minimum atomic E-state index is 0.620. The first-order chi connectivity index (χ1) is 10.3. The lowest BCUT2D eigenvalue weighted by molar-refractivity contribution is 0.202. The van der Waals surface area contributed by atoms with Gasteiger partial charge in [-0.25, -0.2) is 4.98 Å². The quantitative estimate of drug-likeness (QED) is 0.809. The molecule has 0 spiro atoms. The van der Waals surface area contributed by atoms with Gasteiger partial charge >= 0.3 is 0 Å². The first-order valence-corrected chi connectivity index (χ1v) is 7.24. The Kier molecular flexibility index (Phi) is 6.19. The number of nitrogens with zero attached hydrogens (tertiary/aromatic N) is 1. The van der Waals surface area contributed by atoms with Gasteiger partial charge in [0.15, 0.2) is 0 Å². The van der Waals surface area contributed by atoms with Gasteiger partial charge in [0.2, 0.25) is 5.88 Å². The molecule has 0 bridgehead atoms. The first kappa shape index (κ1) is 15.5. The molecule has 1 N–H and O–H groups in total. The number of methoxy groups -OCH3 is 1. The van der Waals surface area contributed by atoms with E-state index in [0.29, 0.717) is 5.88 Å². The Labute approximate surface area is 126 Å². The van der Waals surface area contributed by atoms with Gasteiger partial charge in [0, 0.05) is 19.7 Å². The fourth-order valence-corrected chi connectivity index (χ4v) is 1.93. The summed E-state index contributed by atoms with van der Waals surface area (Å²) in [5, 5.41) is 3.25. The van der Waals surface area contributed by atoms with Crippen molar-refractivity contribution in [3.63, 3.8) is 0 Å². The average Bonchev–Trinajstić information content (AvgIpc) is 2.53. The largest absolute Gasteiger partial charge is 0.439 e. The van der Waals surface area contributed by atoms with E-state index in [9.17, 15) is 0 Å². The predicted molar refractivity (Wildman–Crippen MR) is 83.7 cm³/mol. The molecule has 0 saturated carbocycles. The van der Waals surface area contributed by atoms with E-state index in [0.717, 1.165) is 37.6 Å². The predicted octanol–water partition coefficient (Wildman–Crippen LogP) is 3.17. The summed E-state index contributed by atoms with van der Waals surface area (Å²) in [5.41, 5.74) is 2.21. The Bertz CT molecular complexity index is 541. The average molecular weight is 286 g/mol. The smallest absolute Gasteiger partial charge is 0.219 e. The van der Waals surface area contributed by atoms with E-state index >= 15 is 0 Å². The van der Waals surface area contributed by atoms with Crippen LogP contribution < -0.4 is 10.1 Å². The lowest BCUT2D eigenvalue weighted by atomic mass is 10.1. The van der Waals surface area contributed by atoms with E-state index < -0.39 is 0 Å². The molecule has 0 amide bonds. The van der Waals surface area contributed by atoms with Crippen molar-refractivity contribution in [2.75, 3.05) is 20.3 Å². The maximum absolute atomic E-state index is 5.79. The molecule has 0 atom stereocenters. The number of hydrogen-bond acceptors (Lipinski definition) is 4. The van der Waals surface area contributed by atoms with E-state index in [1.165, 1.54) is 5.56 Å². The van der Waals surface area contributed by atoms with Crippen molar-refractivity contribution in [1.82, 2.24) is 10.3 Å². The monoisotopic (exact) mass is 286 g/mol. The van der Waals surface area contributed by atoms with Crippen molar-refractivity contribution in [3.05, 3.63) is 53.7 Å². The normalized spacial score (nSPS) is 10.6. The van der Waals surface area contributed by atoms with Crippen LogP contribution in [0.15, 0.2) is 42.5 Å². The molecule has 0 radical (unpaired) electrons. The second-order valence-electron chi connectivity index (χ2n) is 4.74. The molecule has 1 heterocycles. The maximum Gasteiger partial charge on any atom is 0.219 e. The molecule has 4 heteroatoms. The molecule has 21 heavy (non-hydrogen) atoms. The van der Waals surface area contributed by atoms with Crippen molar-refractivity contribution in [3.8, 4) is 11.6 Å². The van der Waals surface area contributed by atoms with Crippen molar-refractivity contribution in [2.45, 2.75) is 19.9 Å². The molecular weight excluding hydrogens is 264 g/mol. The van der Waals surface area contributed by atoms with Crippen LogP contribution in [0.1, 0.15) is 18.2 Å². The molecule has 2 rings (SSSR count). The van der Waals surface area contributed by atoms with Crippen molar-refractivity contribution in [2.24, 2.45) is 0 Å². The van der Waals surface area contributed by atoms with Crippen LogP contribution in [0.4, 0.5) is 0 Å². The molecule has 0 aliphatic heterocycles. The Morgan fingerprint density at radius 2 is 1.90 bits per heavy atom. The molecule has 4 nitrogen and oxygen atoms in total. The van der Waals surface area contributed by atoms with E-state index in [-0.39, 0.29) is 0 Å². The zero-order valence-electron chi connectivity index (χ0n) is 12.6. The second-order valence-corrected chi connectivity index (χ2v) is 4.74. The zero-order valence-corrected chi connectivity index (χ0v) is 12.6. The van der Waals surface area contributed by atoms with Gasteiger partial charge in [0.25, 0.3) is 0 Å². The van der Waals surface area contributed by atoms with Crippen LogP contribution in [-0.2, 0) is 17.7 Å². The van der Waals surface area contributed by atoms with E-state index in [2.05, 4.69) is 29.4 Å². The van der Waals surface area contributed by atoms with Crippen LogP contribution in [0.2, 0.25) is 0 Å². The number of rotatable bonds is 8. The van der Waals surface area contributed by atoms with Crippen LogP contribution in [-0.4, -0.2) is 25.2 Å². The summed E-state index contributed by atoms with van der Waals surface area (Å²) in [7, 11) is 1.71. The van der Waals surface area contributed by atoms with Crippen molar-refractivity contribution >= 4 is 0 Å². The van der Waals surface area contributed by atoms with Crippen LogP contribution in [0.3, 0.4) is 0 Å². The minimum absolute atomic E-state index is 0.620. The fourth-order valence-electron chi connectivity index (χ4n) is 1.93. The highest BCUT2D eigenvalue weighted by Crippen LogP contribution is 2.20. The van der Waals surface area contributed by atoms with Crippen LogP contribution in [0.25, 0.3) is 0 Å². The molecular formula is C17H22N2O2. The molecule has 1 aromatic heterocycles. The molecule has 0 fully saturated rings. The van der Waals surface area contributed by atoms with E-state index in [1.807, 2.05) is 30.3 Å². The third-order valence-corrected chi connectivity index (χ3v) is 3.08. The highest BCUT2D eigenvalue weighted by molar-refractivity contribution is 5.31. The molecule has 1 aromatic carbocycles. The summed E-state index contributed by atoms with van der Waals surface area (Å²) in [6.45, 7) is 4.49. The van der Waals surface area contributed by atoms with E-state index in [1.54, 1.807) is 7.11 Å². The number of ether oxygens (including phenoxy) is 2. The third-order valence-electron chi connectivity index (χ3n) is 3.08. The summed E-state index contributed by atoms with van der Waals surface area (Å²) < 4.78 is 10.9. The topological polar surface area (TPSA) is 43.4 Å². The van der Waals surface area contributed by atoms with Gasteiger partial charge in [0.05, 0.1) is 12.3 Å². The Morgan fingerprint density at radius 1 is 1.10 bits per heavy atom. The van der Waals surface area contributed by atoms with Gasteiger partial charge in [-0.15, -0.1) is 0 Å². The zero-order chi connectivity index (χ0) is 14.9. The summed E-state index contributed by atoms with van der Waals surface area (Å²) in [6.07, 6.45) is 0.910.